The second-order valence-corrected chi connectivity index (χ2v) is 5.49. The fraction of sp³-hybridized carbons (Fsp3) is 0.429. The second kappa shape index (κ2) is 5.16. The zero-order valence-corrected chi connectivity index (χ0v) is 11.8. The Kier molecular flexibility index (Phi) is 3.67. The minimum absolute atomic E-state index is 0.0712. The van der Waals surface area contributed by atoms with Crippen LogP contribution in [0.4, 0.5) is 5.69 Å². The molecule has 7 heteroatoms. The highest BCUT2D eigenvalue weighted by atomic mass is 16.6. The Labute approximate surface area is 121 Å². The third-order valence-electron chi connectivity index (χ3n) is 3.87. The number of carbonyl (C=O) groups excluding carboxylic acids is 1. The number of hydrogen-bond donors (Lipinski definition) is 2. The van der Waals surface area contributed by atoms with Crippen molar-refractivity contribution in [3.05, 3.63) is 39.4 Å². The van der Waals surface area contributed by atoms with Crippen LogP contribution in [0.25, 0.3) is 0 Å². The molecule has 1 amide bonds. The number of carboxylic acids is 1. The van der Waals surface area contributed by atoms with Crippen molar-refractivity contribution in [1.82, 2.24) is 5.32 Å². The van der Waals surface area contributed by atoms with E-state index in [4.69, 9.17) is 0 Å². The number of aliphatic carboxylic acids is 1. The first-order valence-electron chi connectivity index (χ1n) is 6.56. The van der Waals surface area contributed by atoms with Crippen molar-refractivity contribution in [2.75, 3.05) is 0 Å². The minimum Gasteiger partial charge on any atom is -0.480 e. The Balaban J connectivity index is 2.22. The molecule has 1 unspecified atom stereocenters. The van der Waals surface area contributed by atoms with Crippen LogP contribution >= 0.6 is 0 Å². The predicted octanol–water partition coefficient (Wildman–Crippen LogP) is 1.89. The summed E-state index contributed by atoms with van der Waals surface area (Å²) in [5.41, 5.74) is -0.802. The lowest BCUT2D eigenvalue weighted by atomic mass is 9.95. The molecule has 1 aliphatic carbocycles. The maximum Gasteiger partial charge on any atom is 0.329 e. The maximum absolute atomic E-state index is 12.2. The summed E-state index contributed by atoms with van der Waals surface area (Å²) in [6.45, 7) is 3.02. The van der Waals surface area contributed by atoms with E-state index >= 15 is 0 Å². The number of nitro benzene ring substituents is 1. The molecule has 0 heterocycles. The lowest BCUT2D eigenvalue weighted by molar-refractivity contribution is -0.385. The van der Waals surface area contributed by atoms with Crippen LogP contribution < -0.4 is 5.32 Å². The monoisotopic (exact) mass is 292 g/mol. The van der Waals surface area contributed by atoms with E-state index in [2.05, 4.69) is 5.32 Å². The summed E-state index contributed by atoms with van der Waals surface area (Å²) in [5, 5.41) is 22.6. The number of benzene rings is 1. The van der Waals surface area contributed by atoms with E-state index in [0.717, 1.165) is 12.8 Å². The molecule has 2 rings (SSSR count). The topological polar surface area (TPSA) is 110 Å². The van der Waals surface area contributed by atoms with Crippen molar-refractivity contribution < 1.29 is 19.6 Å². The summed E-state index contributed by atoms with van der Waals surface area (Å²) in [5.74, 6) is -1.68. The molecular formula is C14H16N2O5. The molecule has 1 aliphatic rings. The van der Waals surface area contributed by atoms with Gasteiger partial charge in [0.2, 0.25) is 0 Å². The number of nitrogens with one attached hydrogen (secondary N) is 1. The normalized spacial score (nSPS) is 16.9. The average Bonchev–Trinajstić information content (AvgIpc) is 3.22. The van der Waals surface area contributed by atoms with E-state index in [-0.39, 0.29) is 17.2 Å². The van der Waals surface area contributed by atoms with E-state index < -0.39 is 22.3 Å². The third-order valence-corrected chi connectivity index (χ3v) is 3.87. The van der Waals surface area contributed by atoms with Crippen LogP contribution in [0, 0.1) is 23.0 Å². The minimum atomic E-state index is -1.30. The van der Waals surface area contributed by atoms with Crippen LogP contribution in [0.2, 0.25) is 0 Å². The van der Waals surface area contributed by atoms with Crippen molar-refractivity contribution in [3.63, 3.8) is 0 Å². The molecule has 0 saturated heterocycles. The van der Waals surface area contributed by atoms with Crippen LogP contribution in [-0.4, -0.2) is 27.4 Å². The van der Waals surface area contributed by atoms with Crippen molar-refractivity contribution in [1.29, 1.82) is 0 Å². The molecule has 0 spiro atoms. The zero-order chi connectivity index (χ0) is 15.8. The molecule has 1 aromatic carbocycles. The molecule has 2 N–H and O–H groups in total. The van der Waals surface area contributed by atoms with Gasteiger partial charge in [0.15, 0.2) is 0 Å². The SMILES string of the molecule is Cc1cc(C(=O)NC(C)(C(=O)O)C2CC2)ccc1[N+](=O)[O-]. The molecule has 1 saturated carbocycles. The number of hydrogen-bond acceptors (Lipinski definition) is 4. The van der Waals surface area contributed by atoms with Crippen LogP contribution in [0.15, 0.2) is 18.2 Å². The van der Waals surface area contributed by atoms with Gasteiger partial charge in [0.25, 0.3) is 11.6 Å². The molecule has 1 fully saturated rings. The van der Waals surface area contributed by atoms with E-state index in [0.29, 0.717) is 5.56 Å². The highest BCUT2D eigenvalue weighted by Crippen LogP contribution is 2.39. The zero-order valence-electron chi connectivity index (χ0n) is 11.8. The molecule has 7 nitrogen and oxygen atoms in total. The fourth-order valence-corrected chi connectivity index (χ4v) is 2.30. The maximum atomic E-state index is 12.2. The number of carboxylic acid groups (broad SMARTS) is 1. The number of nitro groups is 1. The summed E-state index contributed by atoms with van der Waals surface area (Å²) in [7, 11) is 0. The lowest BCUT2D eigenvalue weighted by Crippen LogP contribution is -2.54. The molecular weight excluding hydrogens is 276 g/mol. The highest BCUT2D eigenvalue weighted by molar-refractivity contribution is 5.98. The molecule has 0 aromatic heterocycles. The van der Waals surface area contributed by atoms with Gasteiger partial charge in [0.05, 0.1) is 4.92 Å². The van der Waals surface area contributed by atoms with Gasteiger partial charge in [0.1, 0.15) is 5.54 Å². The van der Waals surface area contributed by atoms with Crippen molar-refractivity contribution in [3.8, 4) is 0 Å². The fourth-order valence-electron chi connectivity index (χ4n) is 2.30. The first-order valence-corrected chi connectivity index (χ1v) is 6.56. The van der Waals surface area contributed by atoms with Crippen molar-refractivity contribution >= 4 is 17.6 Å². The Morgan fingerprint density at radius 3 is 2.48 bits per heavy atom. The first kappa shape index (κ1) is 15.0. The quantitative estimate of drug-likeness (QED) is 0.636. The van der Waals surface area contributed by atoms with E-state index in [1.165, 1.54) is 32.0 Å². The smallest absolute Gasteiger partial charge is 0.329 e. The predicted molar refractivity (Wildman–Crippen MR) is 74.1 cm³/mol. The van der Waals surface area contributed by atoms with Gasteiger partial charge in [-0.2, -0.15) is 0 Å². The number of aryl methyl sites for hydroxylation is 1. The van der Waals surface area contributed by atoms with Gasteiger partial charge < -0.3 is 10.4 Å². The standard InChI is InChI=1S/C14H16N2O5/c1-8-7-9(3-6-11(8)16(20)21)12(17)15-14(2,13(18)19)10-4-5-10/h3,6-7,10H,4-5H2,1-2H3,(H,15,17)(H,18,19). The molecule has 0 aliphatic heterocycles. The van der Waals surface area contributed by atoms with Crippen LogP contribution in [-0.2, 0) is 4.79 Å². The highest BCUT2D eigenvalue weighted by Gasteiger charge is 2.48. The summed E-state index contributed by atoms with van der Waals surface area (Å²) in [4.78, 5) is 33.8. The summed E-state index contributed by atoms with van der Waals surface area (Å²) in [6, 6.07) is 3.97. The van der Waals surface area contributed by atoms with Crippen LogP contribution in [0.3, 0.4) is 0 Å². The Morgan fingerprint density at radius 2 is 2.05 bits per heavy atom. The second-order valence-electron chi connectivity index (χ2n) is 5.49. The van der Waals surface area contributed by atoms with Gasteiger partial charge >= 0.3 is 5.97 Å². The Bertz CT molecular complexity index is 624. The van der Waals surface area contributed by atoms with E-state index in [1.807, 2.05) is 0 Å². The average molecular weight is 292 g/mol. The molecule has 1 atom stereocenters. The van der Waals surface area contributed by atoms with Gasteiger partial charge in [-0.15, -0.1) is 0 Å². The Morgan fingerprint density at radius 1 is 1.43 bits per heavy atom. The molecule has 21 heavy (non-hydrogen) atoms. The van der Waals surface area contributed by atoms with Crippen molar-refractivity contribution in [2.45, 2.75) is 32.2 Å². The number of rotatable bonds is 5. The molecule has 1 aromatic rings. The van der Waals surface area contributed by atoms with Crippen LogP contribution in [0.5, 0.6) is 0 Å². The van der Waals surface area contributed by atoms with Gasteiger partial charge in [-0.05, 0) is 44.7 Å². The Hall–Kier alpha value is -2.44. The van der Waals surface area contributed by atoms with E-state index in [9.17, 15) is 24.8 Å². The largest absolute Gasteiger partial charge is 0.480 e. The van der Waals surface area contributed by atoms with Gasteiger partial charge in [-0.1, -0.05) is 0 Å². The third kappa shape index (κ3) is 2.86. The van der Waals surface area contributed by atoms with E-state index in [1.54, 1.807) is 0 Å². The number of carbonyl (C=O) groups is 2. The molecule has 112 valence electrons. The molecule has 0 radical (unpaired) electrons. The summed E-state index contributed by atoms with van der Waals surface area (Å²) in [6.07, 6.45) is 1.53. The lowest BCUT2D eigenvalue weighted by Gasteiger charge is -2.26. The van der Waals surface area contributed by atoms with Gasteiger partial charge in [0, 0.05) is 17.2 Å². The summed E-state index contributed by atoms with van der Waals surface area (Å²) < 4.78 is 0. The van der Waals surface area contributed by atoms with Crippen molar-refractivity contribution in [2.24, 2.45) is 5.92 Å². The van der Waals surface area contributed by atoms with Crippen LogP contribution in [0.1, 0.15) is 35.7 Å². The number of amides is 1. The molecule has 0 bridgehead atoms. The van der Waals surface area contributed by atoms with Gasteiger partial charge in [-0.25, -0.2) is 4.79 Å². The summed E-state index contributed by atoms with van der Waals surface area (Å²) >= 11 is 0. The first-order chi connectivity index (χ1) is 9.75. The van der Waals surface area contributed by atoms with Gasteiger partial charge in [-0.3, -0.25) is 14.9 Å². The number of nitrogens with zero attached hydrogens (tertiary/aromatic N) is 1.